The lowest BCUT2D eigenvalue weighted by molar-refractivity contribution is -0.141. The number of fused-ring (bicyclic) bond motifs is 1. The first kappa shape index (κ1) is 23.6. The number of allylic oxidation sites excluding steroid dienone is 1. The molecule has 2 unspecified atom stereocenters. The van der Waals surface area contributed by atoms with Crippen LogP contribution >= 0.6 is 0 Å². The molecule has 178 valence electrons. The molecule has 0 radical (unpaired) electrons. The van der Waals surface area contributed by atoms with Gasteiger partial charge in [-0.25, -0.2) is 9.18 Å². The Bertz CT molecular complexity index is 1330. The Kier molecular flexibility index (Phi) is 6.88. The molecule has 3 aromatic rings. The van der Waals surface area contributed by atoms with Gasteiger partial charge in [0.25, 0.3) is 0 Å². The van der Waals surface area contributed by atoms with Crippen molar-refractivity contribution in [1.82, 2.24) is 0 Å². The summed E-state index contributed by atoms with van der Waals surface area (Å²) in [4.78, 5) is 12.6. The number of halogens is 1. The fraction of sp³-hybridized carbons (Fsp3) is 0.185. The zero-order chi connectivity index (χ0) is 24.9. The van der Waals surface area contributed by atoms with E-state index in [1.54, 1.807) is 18.2 Å². The SMILES string of the molecule is CCOc1ccccc1C1C(C#N)=C(N)Oc2cc(OC(=O)C(C)Oc3ccccc3F)ccc21. The summed E-state index contributed by atoms with van der Waals surface area (Å²) in [6.07, 6.45) is -1.06. The third kappa shape index (κ3) is 4.89. The van der Waals surface area contributed by atoms with E-state index in [4.69, 9.17) is 24.7 Å². The minimum Gasteiger partial charge on any atom is -0.494 e. The largest absolute Gasteiger partial charge is 0.494 e. The van der Waals surface area contributed by atoms with Crippen molar-refractivity contribution in [2.24, 2.45) is 5.73 Å². The molecule has 8 heteroatoms. The van der Waals surface area contributed by atoms with Crippen molar-refractivity contribution in [3.8, 4) is 29.1 Å². The van der Waals surface area contributed by atoms with Crippen LogP contribution in [0.3, 0.4) is 0 Å². The molecule has 4 rings (SSSR count). The molecular weight excluding hydrogens is 451 g/mol. The van der Waals surface area contributed by atoms with Crippen molar-refractivity contribution >= 4 is 5.97 Å². The van der Waals surface area contributed by atoms with Gasteiger partial charge in [-0.15, -0.1) is 0 Å². The molecule has 1 aliphatic rings. The maximum Gasteiger partial charge on any atom is 0.352 e. The molecule has 2 N–H and O–H groups in total. The predicted octanol–water partition coefficient (Wildman–Crippen LogP) is 4.82. The second kappa shape index (κ2) is 10.2. The van der Waals surface area contributed by atoms with Gasteiger partial charge in [0, 0.05) is 17.2 Å². The van der Waals surface area contributed by atoms with E-state index in [1.807, 2.05) is 31.2 Å². The number of nitriles is 1. The Morgan fingerprint density at radius 3 is 2.54 bits per heavy atom. The van der Waals surface area contributed by atoms with Crippen LogP contribution in [0.1, 0.15) is 30.9 Å². The van der Waals surface area contributed by atoms with E-state index < -0.39 is 23.8 Å². The molecule has 0 aliphatic carbocycles. The van der Waals surface area contributed by atoms with Crippen LogP contribution < -0.4 is 24.7 Å². The Balaban J connectivity index is 1.61. The molecule has 0 aromatic heterocycles. The summed E-state index contributed by atoms with van der Waals surface area (Å²) in [6.45, 7) is 3.79. The summed E-state index contributed by atoms with van der Waals surface area (Å²) in [5.41, 5.74) is 7.76. The second-order valence-corrected chi connectivity index (χ2v) is 7.71. The minimum atomic E-state index is -1.06. The van der Waals surface area contributed by atoms with Crippen molar-refractivity contribution in [3.05, 3.63) is 95.1 Å². The number of ether oxygens (including phenoxy) is 4. The van der Waals surface area contributed by atoms with Gasteiger partial charge in [-0.2, -0.15) is 5.26 Å². The molecule has 1 aliphatic heterocycles. The highest BCUT2D eigenvalue weighted by Crippen LogP contribution is 2.45. The molecule has 3 aromatic carbocycles. The van der Waals surface area contributed by atoms with Crippen LogP contribution in [0.5, 0.6) is 23.0 Å². The minimum absolute atomic E-state index is 0.0453. The molecular formula is C27H23FN2O5. The van der Waals surface area contributed by atoms with E-state index in [-0.39, 0.29) is 23.0 Å². The highest BCUT2D eigenvalue weighted by molar-refractivity contribution is 5.77. The lowest BCUT2D eigenvalue weighted by Crippen LogP contribution is -2.29. The highest BCUT2D eigenvalue weighted by atomic mass is 19.1. The van der Waals surface area contributed by atoms with Gasteiger partial charge >= 0.3 is 5.97 Å². The first-order chi connectivity index (χ1) is 16.9. The summed E-state index contributed by atoms with van der Waals surface area (Å²) < 4.78 is 36.1. The van der Waals surface area contributed by atoms with Gasteiger partial charge in [0.05, 0.1) is 12.5 Å². The molecule has 0 bridgehead atoms. The number of para-hydroxylation sites is 2. The zero-order valence-electron chi connectivity index (χ0n) is 19.2. The highest BCUT2D eigenvalue weighted by Gasteiger charge is 2.33. The summed E-state index contributed by atoms with van der Waals surface area (Å²) in [6, 6.07) is 20.1. The quantitative estimate of drug-likeness (QED) is 0.387. The number of nitrogens with two attached hydrogens (primary N) is 1. The van der Waals surface area contributed by atoms with Gasteiger partial charge in [-0.05, 0) is 38.1 Å². The van der Waals surface area contributed by atoms with Crippen LogP contribution in [0, 0.1) is 17.1 Å². The van der Waals surface area contributed by atoms with Crippen molar-refractivity contribution in [1.29, 1.82) is 5.26 Å². The first-order valence-corrected chi connectivity index (χ1v) is 11.0. The lowest BCUT2D eigenvalue weighted by Gasteiger charge is -2.28. The van der Waals surface area contributed by atoms with Gasteiger partial charge in [0.1, 0.15) is 28.9 Å². The molecule has 1 heterocycles. The summed E-state index contributed by atoms with van der Waals surface area (Å²) >= 11 is 0. The Labute approximate surface area is 202 Å². The van der Waals surface area contributed by atoms with Crippen LogP contribution in [0.2, 0.25) is 0 Å². The molecule has 0 fully saturated rings. The fourth-order valence-electron chi connectivity index (χ4n) is 3.80. The van der Waals surface area contributed by atoms with E-state index in [1.165, 1.54) is 31.2 Å². The van der Waals surface area contributed by atoms with E-state index in [0.717, 1.165) is 5.56 Å². The number of benzene rings is 3. The third-order valence-corrected chi connectivity index (χ3v) is 5.41. The summed E-state index contributed by atoms with van der Waals surface area (Å²) in [7, 11) is 0. The maximum atomic E-state index is 13.8. The Morgan fingerprint density at radius 2 is 1.83 bits per heavy atom. The van der Waals surface area contributed by atoms with Gasteiger partial charge in [-0.3, -0.25) is 0 Å². The number of rotatable bonds is 7. The number of nitrogens with zero attached hydrogens (tertiary/aromatic N) is 1. The average molecular weight is 474 g/mol. The third-order valence-electron chi connectivity index (χ3n) is 5.41. The van der Waals surface area contributed by atoms with Crippen molar-refractivity contribution in [3.63, 3.8) is 0 Å². The van der Waals surface area contributed by atoms with Gasteiger partial charge in [-0.1, -0.05) is 36.4 Å². The topological polar surface area (TPSA) is 104 Å². The van der Waals surface area contributed by atoms with Crippen LogP contribution in [0.15, 0.2) is 78.2 Å². The Hall–Kier alpha value is -4.51. The van der Waals surface area contributed by atoms with Crippen LogP contribution in [-0.4, -0.2) is 18.7 Å². The van der Waals surface area contributed by atoms with Gasteiger partial charge in [0.2, 0.25) is 5.88 Å². The lowest BCUT2D eigenvalue weighted by atomic mass is 9.83. The number of carbonyl (C=O) groups excluding carboxylic acids is 1. The zero-order valence-corrected chi connectivity index (χ0v) is 19.2. The molecule has 35 heavy (non-hydrogen) atoms. The van der Waals surface area contributed by atoms with E-state index in [9.17, 15) is 14.4 Å². The van der Waals surface area contributed by atoms with Crippen molar-refractivity contribution in [2.45, 2.75) is 25.9 Å². The molecule has 7 nitrogen and oxygen atoms in total. The number of carbonyl (C=O) groups is 1. The normalized spacial score (nSPS) is 15.3. The number of hydrogen-bond acceptors (Lipinski definition) is 7. The Morgan fingerprint density at radius 1 is 1.11 bits per heavy atom. The van der Waals surface area contributed by atoms with Crippen LogP contribution in [0.25, 0.3) is 0 Å². The van der Waals surface area contributed by atoms with Crippen LogP contribution in [-0.2, 0) is 4.79 Å². The van der Waals surface area contributed by atoms with Gasteiger partial charge < -0.3 is 24.7 Å². The average Bonchev–Trinajstić information content (AvgIpc) is 2.85. The molecule has 0 spiro atoms. The molecule has 2 atom stereocenters. The first-order valence-electron chi connectivity index (χ1n) is 11.0. The molecule has 0 amide bonds. The van der Waals surface area contributed by atoms with Crippen molar-refractivity contribution < 1.29 is 28.1 Å². The number of esters is 1. The summed E-state index contributed by atoms with van der Waals surface area (Å²) in [5.74, 6) is -0.776. The van der Waals surface area contributed by atoms with E-state index in [2.05, 4.69) is 6.07 Å². The van der Waals surface area contributed by atoms with Crippen LogP contribution in [0.4, 0.5) is 4.39 Å². The second-order valence-electron chi connectivity index (χ2n) is 7.71. The smallest absolute Gasteiger partial charge is 0.352 e. The van der Waals surface area contributed by atoms with E-state index in [0.29, 0.717) is 23.7 Å². The molecule has 0 saturated heterocycles. The van der Waals surface area contributed by atoms with Crippen molar-refractivity contribution in [2.75, 3.05) is 6.61 Å². The number of hydrogen-bond donors (Lipinski definition) is 1. The molecule has 0 saturated carbocycles. The fourth-order valence-corrected chi connectivity index (χ4v) is 3.80. The monoisotopic (exact) mass is 474 g/mol. The van der Waals surface area contributed by atoms with E-state index >= 15 is 0 Å². The summed E-state index contributed by atoms with van der Waals surface area (Å²) in [5, 5.41) is 9.80. The predicted molar refractivity (Wildman–Crippen MR) is 125 cm³/mol. The van der Waals surface area contributed by atoms with Gasteiger partial charge in [0.15, 0.2) is 17.7 Å². The maximum absolute atomic E-state index is 13.8. The standard InChI is InChI=1S/C27H23FN2O5/c1-3-32-22-10-6-4-8-18(22)25-19-13-12-17(14-24(19)35-26(30)20(25)15-29)34-27(31)16(2)33-23-11-7-5-9-21(23)28/h4-14,16,25H,3,30H2,1-2H3.